The highest BCUT2D eigenvalue weighted by molar-refractivity contribution is 5.84. The number of carbonyl (C=O) groups excluding carboxylic acids is 1. The number of hydrogen-bond donors (Lipinski definition) is 1. The van der Waals surface area contributed by atoms with Gasteiger partial charge in [-0.1, -0.05) is 6.92 Å². The number of likely N-dealkylation sites (tertiary alicyclic amines) is 1. The van der Waals surface area contributed by atoms with Crippen LogP contribution in [-0.2, 0) is 19.1 Å². The van der Waals surface area contributed by atoms with Crippen molar-refractivity contribution in [3.8, 4) is 0 Å². The number of rotatable bonds is 7. The quantitative estimate of drug-likeness (QED) is 0.674. The van der Waals surface area contributed by atoms with Gasteiger partial charge in [-0.2, -0.15) is 0 Å². The van der Waals surface area contributed by atoms with Gasteiger partial charge in [0.1, 0.15) is 6.04 Å². The van der Waals surface area contributed by atoms with E-state index in [1.807, 2.05) is 6.92 Å². The first kappa shape index (κ1) is 14.9. The van der Waals surface area contributed by atoms with Crippen molar-refractivity contribution in [2.45, 2.75) is 38.3 Å². The first-order chi connectivity index (χ1) is 8.60. The first-order valence-corrected chi connectivity index (χ1v) is 6.23. The summed E-state index contributed by atoms with van der Waals surface area (Å²) in [6.45, 7) is 3.30. The van der Waals surface area contributed by atoms with Gasteiger partial charge in [-0.15, -0.1) is 0 Å². The van der Waals surface area contributed by atoms with Crippen LogP contribution in [0, 0.1) is 0 Å². The number of amides is 1. The number of methoxy groups -OCH3 is 1. The Morgan fingerprint density at radius 1 is 1.39 bits per heavy atom. The lowest BCUT2D eigenvalue weighted by atomic mass is 10.2. The lowest BCUT2D eigenvalue weighted by molar-refractivity contribution is -0.148. The van der Waals surface area contributed by atoms with E-state index in [0.717, 1.165) is 6.42 Å². The summed E-state index contributed by atoms with van der Waals surface area (Å²) in [5, 5.41) is 9.07. The molecule has 2 unspecified atom stereocenters. The maximum absolute atomic E-state index is 11.9. The van der Waals surface area contributed by atoms with Crippen molar-refractivity contribution in [1.29, 1.82) is 0 Å². The fraction of sp³-hybridized carbons (Fsp3) is 0.833. The van der Waals surface area contributed by atoms with E-state index in [-0.39, 0.29) is 18.4 Å². The van der Waals surface area contributed by atoms with Crippen molar-refractivity contribution in [3.05, 3.63) is 0 Å². The van der Waals surface area contributed by atoms with Crippen LogP contribution in [0.1, 0.15) is 26.2 Å². The molecule has 0 aromatic heterocycles. The average molecular weight is 259 g/mol. The molecule has 2 atom stereocenters. The van der Waals surface area contributed by atoms with E-state index < -0.39 is 12.0 Å². The Bertz CT molecular complexity index is 294. The molecule has 104 valence electrons. The molecule has 1 aliphatic rings. The first-order valence-electron chi connectivity index (χ1n) is 6.23. The van der Waals surface area contributed by atoms with Crippen molar-refractivity contribution < 1.29 is 24.2 Å². The molecule has 1 aliphatic heterocycles. The molecule has 0 bridgehead atoms. The summed E-state index contributed by atoms with van der Waals surface area (Å²) in [5.74, 6) is -1.16. The highest BCUT2D eigenvalue weighted by Crippen LogP contribution is 2.21. The molecule has 6 heteroatoms. The van der Waals surface area contributed by atoms with Crippen molar-refractivity contribution in [2.24, 2.45) is 0 Å². The molecule has 1 fully saturated rings. The van der Waals surface area contributed by atoms with E-state index in [4.69, 9.17) is 14.6 Å². The van der Waals surface area contributed by atoms with Crippen LogP contribution in [0.25, 0.3) is 0 Å². The summed E-state index contributed by atoms with van der Waals surface area (Å²) in [5.41, 5.74) is 0. The highest BCUT2D eigenvalue weighted by atomic mass is 16.5. The lowest BCUT2D eigenvalue weighted by Crippen LogP contribution is -2.41. The number of carboxylic acid groups (broad SMARTS) is 1. The predicted octanol–water partition coefficient (Wildman–Crippen LogP) is 0.504. The van der Waals surface area contributed by atoms with Crippen LogP contribution in [0.3, 0.4) is 0 Å². The van der Waals surface area contributed by atoms with Crippen LogP contribution in [0.2, 0.25) is 0 Å². The Balaban J connectivity index is 2.46. The Hall–Kier alpha value is -1.14. The van der Waals surface area contributed by atoms with Gasteiger partial charge in [0.05, 0.1) is 19.1 Å². The second-order valence-electron chi connectivity index (χ2n) is 4.36. The molecule has 1 heterocycles. The van der Waals surface area contributed by atoms with Gasteiger partial charge in [-0.05, 0) is 6.42 Å². The van der Waals surface area contributed by atoms with Crippen molar-refractivity contribution >= 4 is 11.9 Å². The van der Waals surface area contributed by atoms with Crippen LogP contribution in [-0.4, -0.2) is 60.9 Å². The van der Waals surface area contributed by atoms with E-state index >= 15 is 0 Å². The van der Waals surface area contributed by atoms with E-state index in [1.54, 1.807) is 0 Å². The Morgan fingerprint density at radius 3 is 2.67 bits per heavy atom. The molecule has 0 aromatic rings. The van der Waals surface area contributed by atoms with Crippen LogP contribution < -0.4 is 0 Å². The monoisotopic (exact) mass is 259 g/mol. The topological polar surface area (TPSA) is 76.1 Å². The molecule has 0 saturated carbocycles. The third-order valence-electron chi connectivity index (χ3n) is 3.01. The van der Waals surface area contributed by atoms with Gasteiger partial charge in [0.2, 0.25) is 5.91 Å². The van der Waals surface area contributed by atoms with Crippen molar-refractivity contribution in [2.75, 3.05) is 26.9 Å². The molecule has 18 heavy (non-hydrogen) atoms. The molecule has 0 aromatic carbocycles. The smallest absolute Gasteiger partial charge is 0.326 e. The summed E-state index contributed by atoms with van der Waals surface area (Å²) in [6.07, 6.45) is 1.29. The summed E-state index contributed by atoms with van der Waals surface area (Å²) >= 11 is 0. The largest absolute Gasteiger partial charge is 0.480 e. The zero-order valence-electron chi connectivity index (χ0n) is 10.9. The van der Waals surface area contributed by atoms with E-state index in [0.29, 0.717) is 26.2 Å². The minimum Gasteiger partial charge on any atom is -0.480 e. The van der Waals surface area contributed by atoms with Gasteiger partial charge in [-0.25, -0.2) is 4.79 Å². The predicted molar refractivity (Wildman–Crippen MR) is 64.3 cm³/mol. The Morgan fingerprint density at radius 2 is 2.11 bits per heavy atom. The zero-order valence-corrected chi connectivity index (χ0v) is 10.9. The lowest BCUT2D eigenvalue weighted by Gasteiger charge is -2.21. The van der Waals surface area contributed by atoms with Crippen LogP contribution >= 0.6 is 0 Å². The third-order valence-corrected chi connectivity index (χ3v) is 3.01. The maximum atomic E-state index is 11.9. The highest BCUT2D eigenvalue weighted by Gasteiger charge is 2.39. The summed E-state index contributed by atoms with van der Waals surface area (Å²) in [4.78, 5) is 24.4. The van der Waals surface area contributed by atoms with Gasteiger partial charge in [0.25, 0.3) is 0 Å². The van der Waals surface area contributed by atoms with Crippen molar-refractivity contribution in [3.63, 3.8) is 0 Å². The average Bonchev–Trinajstić information content (AvgIpc) is 2.78. The SMILES string of the molecule is CCCOCCC(=O)N1CC(OC)CC1C(=O)O. The fourth-order valence-corrected chi connectivity index (χ4v) is 2.03. The molecule has 0 spiro atoms. The van der Waals surface area contributed by atoms with Crippen molar-refractivity contribution in [1.82, 2.24) is 4.90 Å². The number of aliphatic carboxylic acids is 1. The summed E-state index contributed by atoms with van der Waals surface area (Å²) in [6, 6.07) is -0.770. The number of carboxylic acids is 1. The minimum absolute atomic E-state index is 0.182. The van der Waals surface area contributed by atoms with E-state index in [9.17, 15) is 9.59 Å². The molecular formula is C12H21NO5. The van der Waals surface area contributed by atoms with Gasteiger partial charge >= 0.3 is 5.97 Å². The number of ether oxygens (including phenoxy) is 2. The molecule has 1 amide bonds. The van der Waals surface area contributed by atoms with Crippen LogP contribution in [0.15, 0.2) is 0 Å². The summed E-state index contributed by atoms with van der Waals surface area (Å²) < 4.78 is 10.4. The number of nitrogens with zero attached hydrogens (tertiary/aromatic N) is 1. The minimum atomic E-state index is -0.975. The van der Waals surface area contributed by atoms with E-state index in [2.05, 4.69) is 0 Å². The van der Waals surface area contributed by atoms with Gasteiger partial charge in [0.15, 0.2) is 0 Å². The van der Waals surface area contributed by atoms with Crippen LogP contribution in [0.4, 0.5) is 0 Å². The summed E-state index contributed by atoms with van der Waals surface area (Å²) in [7, 11) is 1.53. The molecule has 0 radical (unpaired) electrons. The zero-order chi connectivity index (χ0) is 13.5. The molecule has 1 saturated heterocycles. The van der Waals surface area contributed by atoms with Gasteiger partial charge < -0.3 is 19.5 Å². The molecule has 1 N–H and O–H groups in total. The fourth-order valence-electron chi connectivity index (χ4n) is 2.03. The maximum Gasteiger partial charge on any atom is 0.326 e. The normalized spacial score (nSPS) is 23.3. The second-order valence-corrected chi connectivity index (χ2v) is 4.36. The molecule has 1 rings (SSSR count). The number of carbonyl (C=O) groups is 2. The molecular weight excluding hydrogens is 238 g/mol. The van der Waals surface area contributed by atoms with E-state index in [1.165, 1.54) is 12.0 Å². The Kier molecular flexibility index (Phi) is 6.07. The Labute approximate surface area is 107 Å². The third kappa shape index (κ3) is 3.96. The second kappa shape index (κ2) is 7.33. The standard InChI is InChI=1S/C12H21NO5/c1-3-5-18-6-4-11(14)13-8-9(17-2)7-10(13)12(15)16/h9-10H,3-8H2,1-2H3,(H,15,16). The van der Waals surface area contributed by atoms with Gasteiger partial charge in [0, 0.05) is 26.7 Å². The number of hydrogen-bond acceptors (Lipinski definition) is 4. The molecule has 6 nitrogen and oxygen atoms in total. The van der Waals surface area contributed by atoms with Crippen LogP contribution in [0.5, 0.6) is 0 Å². The molecule has 0 aliphatic carbocycles. The van der Waals surface area contributed by atoms with Gasteiger partial charge in [-0.3, -0.25) is 4.79 Å².